The third kappa shape index (κ3) is 2.65. The fraction of sp³-hybridized carbons (Fsp3) is 0.250. The maximum atomic E-state index is 5.07. The Kier molecular flexibility index (Phi) is 3.57. The Morgan fingerprint density at radius 1 is 1.33 bits per heavy atom. The van der Waals surface area contributed by atoms with E-state index in [1.54, 1.807) is 10.9 Å². The monoisotopic (exact) mass is 261 g/mol. The molecular weight excluding hydrogens is 246 g/mol. The minimum absolute atomic E-state index is 0.494. The van der Waals surface area contributed by atoms with E-state index in [9.17, 15) is 0 Å². The van der Waals surface area contributed by atoms with Crippen molar-refractivity contribution in [2.24, 2.45) is 5.10 Å². The van der Waals surface area contributed by atoms with Crippen LogP contribution in [0.25, 0.3) is 0 Å². The van der Waals surface area contributed by atoms with Gasteiger partial charge in [0.1, 0.15) is 5.82 Å². The summed E-state index contributed by atoms with van der Waals surface area (Å²) in [6.45, 7) is 1.85. The van der Waals surface area contributed by atoms with E-state index in [0.717, 1.165) is 17.1 Å². The molecule has 94 valence electrons. The van der Waals surface area contributed by atoms with Gasteiger partial charge in [0, 0.05) is 19.8 Å². The molecule has 1 aromatic carbocycles. The zero-order chi connectivity index (χ0) is 13.1. The van der Waals surface area contributed by atoms with Crippen LogP contribution in [0, 0.1) is 11.7 Å². The molecule has 0 saturated carbocycles. The first-order chi connectivity index (χ1) is 8.58. The van der Waals surface area contributed by atoms with Gasteiger partial charge in [0.15, 0.2) is 0 Å². The minimum atomic E-state index is 0.494. The topological polar surface area (TPSA) is 49.2 Å². The van der Waals surface area contributed by atoms with Crippen molar-refractivity contribution in [3.63, 3.8) is 0 Å². The first kappa shape index (κ1) is 12.5. The molecule has 0 aliphatic carbocycles. The first-order valence-electron chi connectivity index (χ1n) is 5.53. The molecule has 2 aromatic rings. The molecule has 6 heteroatoms. The quantitative estimate of drug-likeness (QED) is 0.680. The predicted molar refractivity (Wildman–Crippen MR) is 75.9 cm³/mol. The second-order valence-electron chi connectivity index (χ2n) is 4.12. The van der Waals surface area contributed by atoms with Crippen molar-refractivity contribution in [3.8, 4) is 0 Å². The number of nitrogens with one attached hydrogen (secondary N) is 1. The molecule has 0 spiro atoms. The number of hydrogen-bond acceptors (Lipinski definition) is 4. The van der Waals surface area contributed by atoms with Crippen molar-refractivity contribution >= 4 is 24.1 Å². The number of aromatic nitrogens is 3. The molecule has 5 nitrogen and oxygen atoms in total. The molecule has 2 rings (SSSR count). The van der Waals surface area contributed by atoms with E-state index in [2.05, 4.69) is 20.2 Å². The van der Waals surface area contributed by atoms with Crippen LogP contribution in [0.3, 0.4) is 0 Å². The van der Waals surface area contributed by atoms with E-state index in [1.807, 2.05) is 45.3 Å². The normalized spacial score (nSPS) is 11.1. The highest BCUT2D eigenvalue weighted by atomic mass is 32.1. The van der Waals surface area contributed by atoms with E-state index in [0.29, 0.717) is 4.77 Å². The summed E-state index contributed by atoms with van der Waals surface area (Å²) in [7, 11) is 4.02. The Morgan fingerprint density at radius 3 is 2.50 bits per heavy atom. The third-order valence-electron chi connectivity index (χ3n) is 2.54. The largest absolute Gasteiger partial charge is 0.378 e. The smallest absolute Gasteiger partial charge is 0.216 e. The lowest BCUT2D eigenvalue weighted by atomic mass is 10.2. The van der Waals surface area contributed by atoms with Gasteiger partial charge < -0.3 is 4.90 Å². The molecule has 0 aliphatic rings. The molecular formula is C12H15N5S. The lowest BCUT2D eigenvalue weighted by Gasteiger charge is -2.11. The van der Waals surface area contributed by atoms with E-state index in [-0.39, 0.29) is 0 Å². The number of aromatic amines is 1. The Morgan fingerprint density at radius 2 is 2.00 bits per heavy atom. The van der Waals surface area contributed by atoms with Crippen LogP contribution in [0.1, 0.15) is 11.4 Å². The molecule has 0 saturated heterocycles. The Hall–Kier alpha value is -1.95. The van der Waals surface area contributed by atoms with Crippen molar-refractivity contribution in [1.29, 1.82) is 0 Å². The predicted octanol–water partition coefficient (Wildman–Crippen LogP) is 2.20. The standard InChI is InChI=1S/C12H15N5S/c1-9-14-15-12(18)17(9)13-8-10-4-6-11(7-5-10)16(2)3/h4-8H,1-3H3,(H,15,18). The summed E-state index contributed by atoms with van der Waals surface area (Å²) in [4.78, 5) is 2.05. The summed E-state index contributed by atoms with van der Waals surface area (Å²) in [6.07, 6.45) is 1.76. The van der Waals surface area contributed by atoms with Crippen LogP contribution in [0.2, 0.25) is 0 Å². The summed E-state index contributed by atoms with van der Waals surface area (Å²) in [6, 6.07) is 8.11. The molecule has 0 radical (unpaired) electrons. The van der Waals surface area contributed by atoms with Crippen LogP contribution in [0.5, 0.6) is 0 Å². The zero-order valence-corrected chi connectivity index (χ0v) is 11.4. The van der Waals surface area contributed by atoms with Crippen LogP contribution >= 0.6 is 12.2 Å². The number of benzene rings is 1. The summed E-state index contributed by atoms with van der Waals surface area (Å²) in [5.41, 5.74) is 2.17. The molecule has 1 N–H and O–H groups in total. The van der Waals surface area contributed by atoms with Gasteiger partial charge in [0.2, 0.25) is 4.77 Å². The van der Waals surface area contributed by atoms with Crippen molar-refractivity contribution in [1.82, 2.24) is 14.9 Å². The number of nitrogens with zero attached hydrogens (tertiary/aromatic N) is 4. The lowest BCUT2D eigenvalue weighted by Crippen LogP contribution is -2.08. The van der Waals surface area contributed by atoms with E-state index in [4.69, 9.17) is 12.2 Å². The summed E-state index contributed by atoms with van der Waals surface area (Å²) in [5, 5.41) is 11.0. The summed E-state index contributed by atoms with van der Waals surface area (Å²) in [5.74, 6) is 0.737. The van der Waals surface area contributed by atoms with Gasteiger partial charge >= 0.3 is 0 Å². The maximum Gasteiger partial charge on any atom is 0.216 e. The highest BCUT2D eigenvalue weighted by Crippen LogP contribution is 2.11. The highest BCUT2D eigenvalue weighted by molar-refractivity contribution is 7.71. The Bertz CT molecular complexity index is 606. The molecule has 0 amide bonds. The van der Waals surface area contributed by atoms with Gasteiger partial charge in [0.25, 0.3) is 0 Å². The Labute approximate surface area is 111 Å². The van der Waals surface area contributed by atoms with Crippen LogP contribution in [0.4, 0.5) is 5.69 Å². The number of hydrogen-bond donors (Lipinski definition) is 1. The number of aryl methyl sites for hydroxylation is 1. The van der Waals surface area contributed by atoms with Crippen LogP contribution < -0.4 is 4.90 Å². The van der Waals surface area contributed by atoms with Gasteiger partial charge in [-0.25, -0.2) is 0 Å². The average molecular weight is 261 g/mol. The van der Waals surface area contributed by atoms with Gasteiger partial charge in [-0.3, -0.25) is 5.10 Å². The maximum absolute atomic E-state index is 5.07. The lowest BCUT2D eigenvalue weighted by molar-refractivity contribution is 0.821. The average Bonchev–Trinajstić information content (AvgIpc) is 2.67. The third-order valence-corrected chi connectivity index (χ3v) is 2.81. The molecule has 0 fully saturated rings. The fourth-order valence-corrected chi connectivity index (χ4v) is 1.71. The highest BCUT2D eigenvalue weighted by Gasteiger charge is 1.98. The van der Waals surface area contributed by atoms with Crippen LogP contribution in [-0.2, 0) is 0 Å². The van der Waals surface area contributed by atoms with Crippen molar-refractivity contribution in [2.45, 2.75) is 6.92 Å². The van der Waals surface area contributed by atoms with Gasteiger partial charge in [-0.1, -0.05) is 12.1 Å². The van der Waals surface area contributed by atoms with E-state index >= 15 is 0 Å². The zero-order valence-electron chi connectivity index (χ0n) is 10.6. The second-order valence-corrected chi connectivity index (χ2v) is 4.51. The van der Waals surface area contributed by atoms with E-state index in [1.165, 1.54) is 0 Å². The number of anilines is 1. The number of rotatable bonds is 3. The van der Waals surface area contributed by atoms with E-state index < -0.39 is 0 Å². The second kappa shape index (κ2) is 5.14. The molecule has 0 atom stereocenters. The van der Waals surface area contributed by atoms with Gasteiger partial charge in [0.05, 0.1) is 6.21 Å². The van der Waals surface area contributed by atoms with Crippen LogP contribution in [-0.4, -0.2) is 35.2 Å². The van der Waals surface area contributed by atoms with Gasteiger partial charge in [-0.2, -0.15) is 14.9 Å². The van der Waals surface area contributed by atoms with Crippen molar-refractivity contribution in [2.75, 3.05) is 19.0 Å². The molecule has 1 aromatic heterocycles. The van der Waals surface area contributed by atoms with Gasteiger partial charge in [-0.05, 0) is 36.8 Å². The SMILES string of the molecule is Cc1n[nH]c(=S)n1N=Cc1ccc(N(C)C)cc1. The van der Waals surface area contributed by atoms with Gasteiger partial charge in [-0.15, -0.1) is 0 Å². The van der Waals surface area contributed by atoms with Crippen molar-refractivity contribution in [3.05, 3.63) is 40.4 Å². The Balaban J connectivity index is 2.22. The molecule has 0 aliphatic heterocycles. The minimum Gasteiger partial charge on any atom is -0.378 e. The first-order valence-corrected chi connectivity index (χ1v) is 5.94. The van der Waals surface area contributed by atoms with Crippen LogP contribution in [0.15, 0.2) is 29.4 Å². The molecule has 0 bridgehead atoms. The molecule has 0 unspecified atom stereocenters. The molecule has 1 heterocycles. The summed E-state index contributed by atoms with van der Waals surface area (Å²) < 4.78 is 2.09. The van der Waals surface area contributed by atoms with Crippen molar-refractivity contribution < 1.29 is 0 Å². The molecule has 18 heavy (non-hydrogen) atoms. The fourth-order valence-electron chi connectivity index (χ4n) is 1.49. The number of H-pyrrole nitrogens is 1. The summed E-state index contributed by atoms with van der Waals surface area (Å²) >= 11 is 5.07.